The highest BCUT2D eigenvalue weighted by atomic mass is 32.2. The van der Waals surface area contributed by atoms with Crippen LogP contribution in [-0.4, -0.2) is 29.7 Å². The Labute approximate surface area is 115 Å². The molecule has 0 unspecified atom stereocenters. The number of nitrogens with one attached hydrogen (secondary N) is 1. The monoisotopic (exact) mass is 283 g/mol. The van der Waals surface area contributed by atoms with Gasteiger partial charge in [0.05, 0.1) is 19.5 Å². The molecule has 1 N–H and O–H groups in total. The SMILES string of the molecule is COc1ccc(C[C@H]2SC(=S)NC2=O)c(OC)c1. The maximum atomic E-state index is 11.6. The van der Waals surface area contributed by atoms with Gasteiger partial charge in [-0.2, -0.15) is 0 Å². The van der Waals surface area contributed by atoms with E-state index in [0.29, 0.717) is 10.7 Å². The summed E-state index contributed by atoms with van der Waals surface area (Å²) < 4.78 is 11.0. The third-order valence-corrected chi connectivity index (χ3v) is 4.04. The predicted octanol–water partition coefficient (Wildman–Crippen LogP) is 1.76. The molecule has 1 aliphatic rings. The summed E-state index contributed by atoms with van der Waals surface area (Å²) in [4.78, 5) is 11.6. The fourth-order valence-electron chi connectivity index (χ4n) is 1.75. The average molecular weight is 283 g/mol. The standard InChI is InChI=1S/C12H13NO3S2/c1-15-8-4-3-7(9(6-8)16-2)5-10-11(14)13-12(17)18-10/h3-4,6,10H,5H2,1-2H3,(H,13,14,17)/t10-/m1/s1. The first-order valence-electron chi connectivity index (χ1n) is 5.36. The van der Waals surface area contributed by atoms with Crippen molar-refractivity contribution < 1.29 is 14.3 Å². The predicted molar refractivity (Wildman–Crippen MR) is 75.4 cm³/mol. The van der Waals surface area contributed by atoms with Gasteiger partial charge in [0.1, 0.15) is 15.8 Å². The summed E-state index contributed by atoms with van der Waals surface area (Å²) in [7, 11) is 3.21. The minimum atomic E-state index is -0.181. The van der Waals surface area contributed by atoms with Gasteiger partial charge in [0.2, 0.25) is 5.91 Å². The lowest BCUT2D eigenvalue weighted by atomic mass is 10.1. The summed E-state index contributed by atoms with van der Waals surface area (Å²) in [6.45, 7) is 0. The van der Waals surface area contributed by atoms with E-state index in [1.165, 1.54) is 11.8 Å². The Morgan fingerprint density at radius 2 is 2.17 bits per heavy atom. The molecule has 1 saturated heterocycles. The zero-order valence-corrected chi connectivity index (χ0v) is 11.7. The zero-order valence-electron chi connectivity index (χ0n) is 10.1. The van der Waals surface area contributed by atoms with Crippen molar-refractivity contribution in [3.8, 4) is 11.5 Å². The molecular weight excluding hydrogens is 270 g/mol. The molecule has 1 heterocycles. The summed E-state index contributed by atoms with van der Waals surface area (Å²) in [6.07, 6.45) is 0.587. The van der Waals surface area contributed by atoms with E-state index in [2.05, 4.69) is 5.32 Å². The number of hydrogen-bond donors (Lipinski definition) is 1. The Bertz CT molecular complexity index is 490. The van der Waals surface area contributed by atoms with Crippen LogP contribution in [0.25, 0.3) is 0 Å². The molecule has 0 aliphatic carbocycles. The topological polar surface area (TPSA) is 47.6 Å². The van der Waals surface area contributed by atoms with E-state index in [0.717, 1.165) is 17.1 Å². The molecule has 2 rings (SSSR count). The molecular formula is C12H13NO3S2. The second-order valence-corrected chi connectivity index (χ2v) is 5.64. The Kier molecular flexibility index (Phi) is 4.08. The number of methoxy groups -OCH3 is 2. The van der Waals surface area contributed by atoms with Crippen LogP contribution in [0.2, 0.25) is 0 Å². The van der Waals surface area contributed by atoms with Crippen molar-refractivity contribution in [2.24, 2.45) is 0 Å². The largest absolute Gasteiger partial charge is 0.497 e. The van der Waals surface area contributed by atoms with Crippen LogP contribution in [0.5, 0.6) is 11.5 Å². The van der Waals surface area contributed by atoms with Gasteiger partial charge >= 0.3 is 0 Å². The van der Waals surface area contributed by atoms with Gasteiger partial charge in [-0.1, -0.05) is 30.0 Å². The van der Waals surface area contributed by atoms with Gasteiger partial charge in [-0.05, 0) is 18.1 Å². The summed E-state index contributed by atoms with van der Waals surface area (Å²) in [5.74, 6) is 1.41. The Morgan fingerprint density at radius 1 is 1.39 bits per heavy atom. The molecule has 1 aromatic rings. The van der Waals surface area contributed by atoms with Gasteiger partial charge in [0.15, 0.2) is 0 Å². The number of hydrogen-bond acceptors (Lipinski definition) is 5. The minimum absolute atomic E-state index is 0.0390. The molecule has 1 aliphatic heterocycles. The Hall–Kier alpha value is -1.27. The first kappa shape index (κ1) is 13.2. The number of ether oxygens (including phenoxy) is 2. The number of rotatable bonds is 4. The lowest BCUT2D eigenvalue weighted by molar-refractivity contribution is -0.118. The molecule has 1 atom stereocenters. The van der Waals surface area contributed by atoms with Crippen LogP contribution in [0.15, 0.2) is 18.2 Å². The van der Waals surface area contributed by atoms with Crippen molar-refractivity contribution in [2.45, 2.75) is 11.7 Å². The molecule has 1 aromatic carbocycles. The van der Waals surface area contributed by atoms with Crippen molar-refractivity contribution >= 4 is 34.2 Å². The number of thioether (sulfide) groups is 1. The third-order valence-electron chi connectivity index (χ3n) is 2.67. The summed E-state index contributed by atoms with van der Waals surface area (Å²) >= 11 is 6.35. The lowest BCUT2D eigenvalue weighted by Gasteiger charge is -2.12. The van der Waals surface area contributed by atoms with E-state index >= 15 is 0 Å². The molecule has 1 amide bonds. The highest BCUT2D eigenvalue weighted by Gasteiger charge is 2.29. The normalized spacial score (nSPS) is 18.7. The lowest BCUT2D eigenvalue weighted by Crippen LogP contribution is -2.25. The molecule has 0 bridgehead atoms. The average Bonchev–Trinajstić information content (AvgIpc) is 2.68. The quantitative estimate of drug-likeness (QED) is 0.853. The number of thiocarbonyl (C=S) groups is 1. The number of carbonyl (C=O) groups is 1. The first-order chi connectivity index (χ1) is 8.63. The van der Waals surface area contributed by atoms with Crippen molar-refractivity contribution in [3.05, 3.63) is 23.8 Å². The molecule has 0 saturated carbocycles. The van der Waals surface area contributed by atoms with Crippen molar-refractivity contribution in [2.75, 3.05) is 14.2 Å². The second kappa shape index (κ2) is 5.58. The highest BCUT2D eigenvalue weighted by Crippen LogP contribution is 2.30. The van der Waals surface area contributed by atoms with Gasteiger partial charge in [-0.15, -0.1) is 0 Å². The molecule has 18 heavy (non-hydrogen) atoms. The number of amides is 1. The highest BCUT2D eigenvalue weighted by molar-refractivity contribution is 8.24. The maximum absolute atomic E-state index is 11.6. The van der Waals surface area contributed by atoms with E-state index in [-0.39, 0.29) is 11.2 Å². The van der Waals surface area contributed by atoms with E-state index < -0.39 is 0 Å². The number of benzene rings is 1. The summed E-state index contributed by atoms with van der Waals surface area (Å²) in [6, 6.07) is 5.58. The fourth-order valence-corrected chi connectivity index (χ4v) is 3.04. The number of carbonyl (C=O) groups excluding carboxylic acids is 1. The Morgan fingerprint density at radius 3 is 2.72 bits per heavy atom. The zero-order chi connectivity index (χ0) is 13.1. The van der Waals surface area contributed by atoms with Crippen LogP contribution >= 0.6 is 24.0 Å². The summed E-state index contributed by atoms with van der Waals surface area (Å²) in [5, 5.41) is 2.46. The minimum Gasteiger partial charge on any atom is -0.497 e. The molecule has 0 aromatic heterocycles. The van der Waals surface area contributed by atoms with Gasteiger partial charge < -0.3 is 14.8 Å². The van der Waals surface area contributed by atoms with Gasteiger partial charge in [-0.25, -0.2) is 0 Å². The van der Waals surface area contributed by atoms with Gasteiger partial charge in [0.25, 0.3) is 0 Å². The first-order valence-corrected chi connectivity index (χ1v) is 6.65. The molecule has 4 nitrogen and oxygen atoms in total. The van der Waals surface area contributed by atoms with Crippen LogP contribution in [0, 0.1) is 0 Å². The van der Waals surface area contributed by atoms with Crippen LogP contribution in [0.1, 0.15) is 5.56 Å². The molecule has 6 heteroatoms. The molecule has 96 valence electrons. The van der Waals surface area contributed by atoms with E-state index in [9.17, 15) is 4.79 Å². The maximum Gasteiger partial charge on any atom is 0.239 e. The Balaban J connectivity index is 2.18. The van der Waals surface area contributed by atoms with Crippen molar-refractivity contribution in [3.63, 3.8) is 0 Å². The summed E-state index contributed by atoms with van der Waals surface area (Å²) in [5.41, 5.74) is 0.968. The molecule has 1 fully saturated rings. The van der Waals surface area contributed by atoms with Crippen LogP contribution in [0.4, 0.5) is 0 Å². The van der Waals surface area contributed by atoms with E-state index in [4.69, 9.17) is 21.7 Å². The van der Waals surface area contributed by atoms with Gasteiger partial charge in [0, 0.05) is 6.07 Å². The third kappa shape index (κ3) is 2.76. The van der Waals surface area contributed by atoms with Crippen LogP contribution in [0.3, 0.4) is 0 Å². The fraction of sp³-hybridized carbons (Fsp3) is 0.333. The smallest absolute Gasteiger partial charge is 0.239 e. The van der Waals surface area contributed by atoms with Gasteiger partial charge in [-0.3, -0.25) is 4.79 Å². The van der Waals surface area contributed by atoms with Crippen LogP contribution < -0.4 is 14.8 Å². The van der Waals surface area contributed by atoms with Crippen molar-refractivity contribution in [1.29, 1.82) is 0 Å². The van der Waals surface area contributed by atoms with Crippen LogP contribution in [-0.2, 0) is 11.2 Å². The van der Waals surface area contributed by atoms with E-state index in [1.807, 2.05) is 18.2 Å². The molecule has 0 spiro atoms. The molecule has 0 radical (unpaired) electrons. The second-order valence-electron chi connectivity index (χ2n) is 3.77. The van der Waals surface area contributed by atoms with Crippen molar-refractivity contribution in [1.82, 2.24) is 5.32 Å². The van der Waals surface area contributed by atoms with E-state index in [1.54, 1.807) is 14.2 Å².